The summed E-state index contributed by atoms with van der Waals surface area (Å²) < 4.78 is 0. The molecule has 2 aromatic carbocycles. The van der Waals surface area contributed by atoms with Crippen LogP contribution in [0, 0.1) is 11.8 Å². The van der Waals surface area contributed by atoms with Crippen LogP contribution in [-0.2, 0) is 21.4 Å². The van der Waals surface area contributed by atoms with Crippen LogP contribution < -0.4 is 5.32 Å². The zero-order valence-electron chi connectivity index (χ0n) is 18.3. The van der Waals surface area contributed by atoms with Crippen LogP contribution in [0.4, 0.5) is 0 Å². The van der Waals surface area contributed by atoms with Crippen molar-refractivity contribution in [3.05, 3.63) is 65.7 Å². The van der Waals surface area contributed by atoms with Crippen molar-refractivity contribution < 1.29 is 19.8 Å². The minimum absolute atomic E-state index is 0.0459. The summed E-state index contributed by atoms with van der Waals surface area (Å²) in [6.45, 7) is 6.35. The van der Waals surface area contributed by atoms with Gasteiger partial charge in [0.05, 0.1) is 5.92 Å². The molecule has 3 rings (SSSR count). The molecule has 3 N–H and O–H groups in total. The first-order chi connectivity index (χ1) is 14.8. The molecule has 1 fully saturated rings. The zero-order valence-corrected chi connectivity index (χ0v) is 18.3. The summed E-state index contributed by atoms with van der Waals surface area (Å²) in [5.41, 5.74) is 2.16. The average molecular weight is 425 g/mol. The maximum Gasteiger partial charge on any atom is 0.322 e. The first-order valence-electron chi connectivity index (χ1n) is 10.8. The lowest BCUT2D eigenvalue weighted by Crippen LogP contribution is -2.50. The van der Waals surface area contributed by atoms with E-state index in [-0.39, 0.29) is 29.5 Å². The van der Waals surface area contributed by atoms with Crippen LogP contribution in [0.1, 0.15) is 31.4 Å². The summed E-state index contributed by atoms with van der Waals surface area (Å²) in [7, 11) is 0. The normalized spacial score (nSPS) is 22.6. The molecule has 0 bridgehead atoms. The van der Waals surface area contributed by atoms with Gasteiger partial charge >= 0.3 is 5.97 Å². The molecule has 166 valence electrons. The Hall–Kier alpha value is -2.86. The fourth-order valence-corrected chi connectivity index (χ4v) is 4.53. The second-order valence-corrected chi connectivity index (χ2v) is 8.88. The molecular formula is C25H32N2O4. The van der Waals surface area contributed by atoms with Crippen molar-refractivity contribution in [1.82, 2.24) is 10.2 Å². The van der Waals surface area contributed by atoms with Crippen molar-refractivity contribution in [2.45, 2.75) is 32.1 Å². The van der Waals surface area contributed by atoms with Crippen molar-refractivity contribution in [3.63, 3.8) is 0 Å². The molecule has 2 aromatic rings. The quantitative estimate of drug-likeness (QED) is 0.606. The smallest absolute Gasteiger partial charge is 0.322 e. The number of carbonyl (C=O) groups is 2. The number of hydrogen-bond acceptors (Lipinski definition) is 4. The van der Waals surface area contributed by atoms with E-state index in [1.807, 2.05) is 42.5 Å². The van der Waals surface area contributed by atoms with Gasteiger partial charge in [0.15, 0.2) is 0 Å². The first kappa shape index (κ1) is 22.8. The van der Waals surface area contributed by atoms with Crippen LogP contribution in [-0.4, -0.2) is 53.2 Å². The van der Waals surface area contributed by atoms with E-state index in [9.17, 15) is 14.7 Å². The molecule has 0 spiro atoms. The summed E-state index contributed by atoms with van der Waals surface area (Å²) in [5, 5.41) is 21.4. The van der Waals surface area contributed by atoms with E-state index in [2.05, 4.69) is 30.1 Å². The van der Waals surface area contributed by atoms with E-state index in [0.29, 0.717) is 18.9 Å². The largest absolute Gasteiger partial charge is 0.508 e. The van der Waals surface area contributed by atoms with Crippen LogP contribution in [0.15, 0.2) is 54.6 Å². The zero-order chi connectivity index (χ0) is 22.4. The van der Waals surface area contributed by atoms with Gasteiger partial charge in [-0.25, -0.2) is 0 Å². The van der Waals surface area contributed by atoms with Crippen LogP contribution in [0.25, 0.3) is 0 Å². The van der Waals surface area contributed by atoms with Crippen LogP contribution >= 0.6 is 0 Å². The third-order valence-corrected chi connectivity index (χ3v) is 6.66. The fourth-order valence-electron chi connectivity index (χ4n) is 4.53. The van der Waals surface area contributed by atoms with Crippen LogP contribution in [0.2, 0.25) is 0 Å². The van der Waals surface area contributed by atoms with Crippen molar-refractivity contribution in [1.29, 1.82) is 0 Å². The molecule has 1 aliphatic heterocycles. The molecule has 0 saturated carbocycles. The third-order valence-electron chi connectivity index (χ3n) is 6.66. The van der Waals surface area contributed by atoms with E-state index >= 15 is 0 Å². The van der Waals surface area contributed by atoms with Crippen LogP contribution in [0.3, 0.4) is 0 Å². The topological polar surface area (TPSA) is 89.9 Å². The lowest BCUT2D eigenvalue weighted by Gasteiger charge is -2.45. The summed E-state index contributed by atoms with van der Waals surface area (Å²) in [6.07, 6.45) is 1.49. The fraction of sp³-hybridized carbons (Fsp3) is 0.440. The average Bonchev–Trinajstić information content (AvgIpc) is 2.75. The number of phenolic OH excluding ortho intramolecular Hbond substituents is 1. The molecule has 1 saturated heterocycles. The molecule has 3 atom stereocenters. The summed E-state index contributed by atoms with van der Waals surface area (Å²) in [4.78, 5) is 26.0. The standard InChI is InChI=1S/C25H32N2O4/c1-18-16-27(12-11-25(18,2)21-9-6-10-22(28)14-21)17-20(24(31)26-15-23(29)30)13-19-7-4-3-5-8-19/h3-10,14,18,20,28H,11-13,15-17H2,1-2H3,(H,26,31)(H,29,30)/t18-,20+,25+/m1/s1. The first-order valence-corrected chi connectivity index (χ1v) is 10.8. The second-order valence-electron chi connectivity index (χ2n) is 8.88. The maximum atomic E-state index is 12.8. The molecule has 31 heavy (non-hydrogen) atoms. The predicted molar refractivity (Wildman–Crippen MR) is 120 cm³/mol. The molecule has 0 aliphatic carbocycles. The van der Waals surface area contributed by atoms with Gasteiger partial charge in [0.1, 0.15) is 12.3 Å². The highest BCUT2D eigenvalue weighted by molar-refractivity contribution is 5.83. The Bertz CT molecular complexity index is 901. The Kier molecular flexibility index (Phi) is 7.33. The predicted octanol–water partition coefficient (Wildman–Crippen LogP) is 3.05. The highest BCUT2D eigenvalue weighted by atomic mass is 16.4. The van der Waals surface area contributed by atoms with Crippen molar-refractivity contribution in [2.75, 3.05) is 26.2 Å². The van der Waals surface area contributed by atoms with Gasteiger partial charge in [-0.05, 0) is 54.0 Å². The van der Waals surface area contributed by atoms with Crippen molar-refractivity contribution in [2.24, 2.45) is 11.8 Å². The number of nitrogens with one attached hydrogen (secondary N) is 1. The lowest BCUT2D eigenvalue weighted by molar-refractivity contribution is -0.138. The Balaban J connectivity index is 1.69. The molecule has 0 aromatic heterocycles. The number of nitrogens with zero attached hydrogens (tertiary/aromatic N) is 1. The molecule has 0 radical (unpaired) electrons. The number of likely N-dealkylation sites (tertiary alicyclic amines) is 1. The molecule has 0 unspecified atom stereocenters. The highest BCUT2D eigenvalue weighted by Gasteiger charge is 2.39. The minimum atomic E-state index is -1.04. The van der Waals surface area contributed by atoms with Gasteiger partial charge in [-0.3, -0.25) is 9.59 Å². The number of carbonyl (C=O) groups excluding carboxylic acids is 1. The molecule has 6 nitrogen and oxygen atoms in total. The van der Waals surface area contributed by atoms with E-state index in [1.165, 1.54) is 0 Å². The van der Waals surface area contributed by atoms with Gasteiger partial charge in [-0.2, -0.15) is 0 Å². The molecular weight excluding hydrogens is 392 g/mol. The van der Waals surface area contributed by atoms with Crippen molar-refractivity contribution in [3.8, 4) is 5.75 Å². The molecule has 6 heteroatoms. The number of aromatic hydroxyl groups is 1. The number of carboxylic acids is 1. The maximum absolute atomic E-state index is 12.8. The summed E-state index contributed by atoms with van der Waals surface area (Å²) in [5.74, 6) is -0.964. The molecule has 1 aliphatic rings. The third kappa shape index (κ3) is 5.85. The van der Waals surface area contributed by atoms with E-state index in [1.54, 1.807) is 6.07 Å². The van der Waals surface area contributed by atoms with E-state index in [4.69, 9.17) is 5.11 Å². The van der Waals surface area contributed by atoms with Crippen LogP contribution in [0.5, 0.6) is 5.75 Å². The number of piperidine rings is 1. The number of rotatable bonds is 8. The molecule has 1 heterocycles. The number of benzene rings is 2. The Labute approximate surface area is 183 Å². The monoisotopic (exact) mass is 424 g/mol. The Morgan fingerprint density at radius 1 is 1.19 bits per heavy atom. The van der Waals surface area contributed by atoms with E-state index < -0.39 is 5.97 Å². The van der Waals surface area contributed by atoms with Gasteiger partial charge < -0.3 is 20.4 Å². The second kappa shape index (κ2) is 9.96. The van der Waals surface area contributed by atoms with Gasteiger partial charge in [-0.15, -0.1) is 0 Å². The highest BCUT2D eigenvalue weighted by Crippen LogP contribution is 2.40. The van der Waals surface area contributed by atoms with E-state index in [0.717, 1.165) is 30.6 Å². The lowest BCUT2D eigenvalue weighted by atomic mass is 9.68. The van der Waals surface area contributed by atoms with Gasteiger partial charge in [-0.1, -0.05) is 56.3 Å². The number of amides is 1. The van der Waals surface area contributed by atoms with Crippen molar-refractivity contribution >= 4 is 11.9 Å². The minimum Gasteiger partial charge on any atom is -0.508 e. The number of carboxylic acid groups (broad SMARTS) is 1. The Morgan fingerprint density at radius 2 is 1.94 bits per heavy atom. The number of aliphatic carboxylic acids is 1. The SMILES string of the molecule is C[C@@H]1CN(C[C@H](Cc2ccccc2)C(=O)NCC(=O)O)CC[C@]1(C)c1cccc(O)c1. The Morgan fingerprint density at radius 3 is 2.58 bits per heavy atom. The molecule has 1 amide bonds. The number of phenols is 1. The van der Waals surface area contributed by atoms with Gasteiger partial charge in [0, 0.05) is 13.1 Å². The summed E-state index contributed by atoms with van der Waals surface area (Å²) in [6, 6.07) is 17.3. The summed E-state index contributed by atoms with van der Waals surface area (Å²) >= 11 is 0. The number of hydrogen-bond donors (Lipinski definition) is 3. The van der Waals surface area contributed by atoms with Gasteiger partial charge in [0.25, 0.3) is 0 Å². The van der Waals surface area contributed by atoms with Gasteiger partial charge in [0.2, 0.25) is 5.91 Å².